The maximum absolute atomic E-state index is 12.1. The highest BCUT2D eigenvalue weighted by molar-refractivity contribution is 5.68. The Kier molecular flexibility index (Phi) is 5.69. The van der Waals surface area contributed by atoms with E-state index in [-0.39, 0.29) is 30.3 Å². The van der Waals surface area contributed by atoms with Crippen LogP contribution in [0.15, 0.2) is 0 Å². The maximum Gasteiger partial charge on any atom is 0.407 e. The lowest BCUT2D eigenvalue weighted by atomic mass is 9.68. The summed E-state index contributed by atoms with van der Waals surface area (Å²) in [5.74, 6) is 0.369. The summed E-state index contributed by atoms with van der Waals surface area (Å²) in [6.45, 7) is 9.12. The van der Waals surface area contributed by atoms with Crippen molar-refractivity contribution < 1.29 is 19.0 Å². The van der Waals surface area contributed by atoms with Crippen molar-refractivity contribution in [2.75, 3.05) is 20.3 Å². The summed E-state index contributed by atoms with van der Waals surface area (Å²) in [4.78, 5) is 12.1. The molecular weight excluding hydrogens is 284 g/mol. The van der Waals surface area contributed by atoms with E-state index in [9.17, 15) is 4.79 Å². The van der Waals surface area contributed by atoms with Gasteiger partial charge in [-0.1, -0.05) is 0 Å². The summed E-state index contributed by atoms with van der Waals surface area (Å²) >= 11 is 0. The van der Waals surface area contributed by atoms with Gasteiger partial charge in [0.2, 0.25) is 0 Å². The van der Waals surface area contributed by atoms with E-state index < -0.39 is 5.60 Å². The summed E-state index contributed by atoms with van der Waals surface area (Å²) in [5.41, 5.74) is -0.484. The smallest absolute Gasteiger partial charge is 0.407 e. The van der Waals surface area contributed by atoms with Crippen molar-refractivity contribution >= 4 is 6.09 Å². The Morgan fingerprint density at radius 3 is 2.73 bits per heavy atom. The number of alkyl carbamates (subject to hydrolysis) is 1. The molecule has 2 rings (SSSR count). The molecule has 1 saturated carbocycles. The van der Waals surface area contributed by atoms with Gasteiger partial charge in [-0.3, -0.25) is 0 Å². The molecular formula is C16H30N2O4. The molecule has 0 spiro atoms. The van der Waals surface area contributed by atoms with Crippen molar-refractivity contribution in [3.8, 4) is 0 Å². The molecule has 0 bridgehead atoms. The zero-order chi connectivity index (χ0) is 16.3. The van der Waals surface area contributed by atoms with Crippen LogP contribution in [0.5, 0.6) is 0 Å². The number of amides is 1. The molecule has 1 amide bonds. The molecule has 1 heterocycles. The first-order valence-electron chi connectivity index (χ1n) is 8.18. The lowest BCUT2D eigenvalue weighted by Crippen LogP contribution is -2.74. The van der Waals surface area contributed by atoms with E-state index in [1.165, 1.54) is 0 Å². The van der Waals surface area contributed by atoms with Crippen molar-refractivity contribution in [1.82, 2.24) is 10.6 Å². The molecule has 0 radical (unpaired) electrons. The van der Waals surface area contributed by atoms with E-state index >= 15 is 0 Å². The van der Waals surface area contributed by atoms with Gasteiger partial charge >= 0.3 is 6.09 Å². The SMILES string of the molecule is COCC(C)NC1C(NC(=O)OC(C)(C)C)C2CCCOC21. The predicted octanol–water partition coefficient (Wildman–Crippen LogP) is 1.68. The third-order valence-electron chi connectivity index (χ3n) is 4.19. The van der Waals surface area contributed by atoms with E-state index in [4.69, 9.17) is 14.2 Å². The Morgan fingerprint density at radius 1 is 1.36 bits per heavy atom. The lowest BCUT2D eigenvalue weighted by molar-refractivity contribution is -0.131. The molecule has 1 aliphatic heterocycles. The summed E-state index contributed by atoms with van der Waals surface area (Å²) in [6, 6.07) is 0.381. The van der Waals surface area contributed by atoms with E-state index in [2.05, 4.69) is 17.6 Å². The van der Waals surface area contributed by atoms with Crippen LogP contribution in [0, 0.1) is 5.92 Å². The molecule has 0 aromatic rings. The Labute approximate surface area is 133 Å². The quantitative estimate of drug-likeness (QED) is 0.808. The molecule has 1 aliphatic carbocycles. The van der Waals surface area contributed by atoms with Crippen molar-refractivity contribution in [3.63, 3.8) is 0 Å². The normalized spacial score (nSPS) is 32.6. The van der Waals surface area contributed by atoms with Gasteiger partial charge in [-0.15, -0.1) is 0 Å². The average molecular weight is 314 g/mol. The van der Waals surface area contributed by atoms with Gasteiger partial charge in [0.1, 0.15) is 5.60 Å². The minimum absolute atomic E-state index is 0.0551. The van der Waals surface area contributed by atoms with Crippen LogP contribution >= 0.6 is 0 Å². The summed E-state index contributed by atoms with van der Waals surface area (Å²) < 4.78 is 16.4. The molecule has 1 saturated heterocycles. The number of methoxy groups -OCH3 is 1. The zero-order valence-electron chi connectivity index (χ0n) is 14.3. The Morgan fingerprint density at radius 2 is 2.09 bits per heavy atom. The fourth-order valence-electron chi connectivity index (χ4n) is 3.37. The highest BCUT2D eigenvalue weighted by Crippen LogP contribution is 2.38. The number of nitrogens with one attached hydrogen (secondary N) is 2. The fraction of sp³-hybridized carbons (Fsp3) is 0.938. The number of ether oxygens (including phenoxy) is 3. The lowest BCUT2D eigenvalue weighted by Gasteiger charge is -2.54. The molecule has 5 unspecified atom stereocenters. The third kappa shape index (κ3) is 4.33. The zero-order valence-corrected chi connectivity index (χ0v) is 14.3. The average Bonchev–Trinajstić information content (AvgIpc) is 2.41. The van der Waals surface area contributed by atoms with Crippen LogP contribution < -0.4 is 10.6 Å². The second-order valence-electron chi connectivity index (χ2n) is 7.36. The van der Waals surface area contributed by atoms with Gasteiger partial charge < -0.3 is 24.8 Å². The van der Waals surface area contributed by atoms with E-state index in [1.54, 1.807) is 7.11 Å². The Balaban J connectivity index is 1.94. The fourth-order valence-corrected chi connectivity index (χ4v) is 3.37. The number of fused-ring (bicyclic) bond motifs is 1. The molecule has 0 aromatic carbocycles. The van der Waals surface area contributed by atoms with Gasteiger partial charge in [0.25, 0.3) is 0 Å². The molecule has 6 nitrogen and oxygen atoms in total. The van der Waals surface area contributed by atoms with Crippen molar-refractivity contribution in [3.05, 3.63) is 0 Å². The molecule has 6 heteroatoms. The largest absolute Gasteiger partial charge is 0.444 e. The molecule has 22 heavy (non-hydrogen) atoms. The molecule has 5 atom stereocenters. The minimum atomic E-state index is -0.484. The van der Waals surface area contributed by atoms with Crippen LogP contribution in [0.3, 0.4) is 0 Å². The second kappa shape index (κ2) is 7.15. The molecule has 2 aliphatic rings. The standard InChI is InChI=1S/C16H30N2O4/c1-10(9-20-5)17-13-12(11-7-6-8-21-14(11)13)18-15(19)22-16(2,3)4/h10-14,17H,6-9H2,1-5H3,(H,18,19). The Bertz CT molecular complexity index is 383. The number of hydrogen-bond acceptors (Lipinski definition) is 5. The van der Waals surface area contributed by atoms with E-state index in [0.29, 0.717) is 12.5 Å². The third-order valence-corrected chi connectivity index (χ3v) is 4.19. The van der Waals surface area contributed by atoms with Gasteiger partial charge in [-0.2, -0.15) is 0 Å². The molecule has 0 aromatic heterocycles. The van der Waals surface area contributed by atoms with E-state index in [0.717, 1.165) is 19.4 Å². The number of hydrogen-bond donors (Lipinski definition) is 2. The minimum Gasteiger partial charge on any atom is -0.444 e. The van der Waals surface area contributed by atoms with E-state index in [1.807, 2.05) is 20.8 Å². The van der Waals surface area contributed by atoms with Crippen LogP contribution in [-0.4, -0.2) is 56.2 Å². The first-order valence-corrected chi connectivity index (χ1v) is 8.18. The number of carbonyl (C=O) groups is 1. The highest BCUT2D eigenvalue weighted by atomic mass is 16.6. The number of carbonyl (C=O) groups excluding carboxylic acids is 1. The van der Waals surface area contributed by atoms with Crippen LogP contribution in [0.4, 0.5) is 4.79 Å². The van der Waals surface area contributed by atoms with Gasteiger partial charge in [0.15, 0.2) is 0 Å². The first kappa shape index (κ1) is 17.5. The predicted molar refractivity (Wildman–Crippen MR) is 83.9 cm³/mol. The van der Waals surface area contributed by atoms with Crippen molar-refractivity contribution in [2.24, 2.45) is 5.92 Å². The van der Waals surface area contributed by atoms with Gasteiger partial charge in [0.05, 0.1) is 24.8 Å². The molecule has 2 N–H and O–H groups in total. The summed E-state index contributed by atoms with van der Waals surface area (Å²) in [6.07, 6.45) is 1.96. The Hall–Kier alpha value is -0.850. The highest BCUT2D eigenvalue weighted by Gasteiger charge is 2.53. The molecule has 128 valence electrons. The van der Waals surface area contributed by atoms with Crippen LogP contribution in [0.1, 0.15) is 40.5 Å². The van der Waals surface area contributed by atoms with Gasteiger partial charge in [-0.05, 0) is 40.5 Å². The monoisotopic (exact) mass is 314 g/mol. The summed E-state index contributed by atoms with van der Waals surface area (Å²) in [7, 11) is 1.69. The topological polar surface area (TPSA) is 68.8 Å². The summed E-state index contributed by atoms with van der Waals surface area (Å²) in [5, 5.41) is 6.54. The molecule has 2 fully saturated rings. The van der Waals surface area contributed by atoms with Crippen LogP contribution in [0.25, 0.3) is 0 Å². The van der Waals surface area contributed by atoms with Crippen LogP contribution in [0.2, 0.25) is 0 Å². The van der Waals surface area contributed by atoms with Crippen molar-refractivity contribution in [2.45, 2.75) is 70.4 Å². The van der Waals surface area contributed by atoms with Crippen molar-refractivity contribution in [1.29, 1.82) is 0 Å². The van der Waals surface area contributed by atoms with Gasteiger partial charge in [0, 0.05) is 25.7 Å². The first-order chi connectivity index (χ1) is 10.3. The second-order valence-corrected chi connectivity index (χ2v) is 7.36. The number of rotatable bonds is 5. The maximum atomic E-state index is 12.1. The van der Waals surface area contributed by atoms with Gasteiger partial charge in [-0.25, -0.2) is 4.79 Å². The van der Waals surface area contributed by atoms with Crippen LogP contribution in [-0.2, 0) is 14.2 Å².